The first-order valence-electron chi connectivity index (χ1n) is 8.25. The van der Waals surface area contributed by atoms with Crippen LogP contribution in [0.3, 0.4) is 0 Å². The molecule has 0 spiro atoms. The van der Waals surface area contributed by atoms with E-state index in [4.69, 9.17) is 0 Å². The van der Waals surface area contributed by atoms with Gasteiger partial charge in [-0.05, 0) is 45.0 Å². The Labute approximate surface area is 138 Å². The number of aryl methyl sites for hydroxylation is 1. The van der Waals surface area contributed by atoms with Crippen LogP contribution < -0.4 is 4.90 Å². The lowest BCUT2D eigenvalue weighted by Crippen LogP contribution is -2.58. The predicted octanol–water partition coefficient (Wildman–Crippen LogP) is 3.73. The molecular formula is C20H24N2O. The number of carbonyl (C=O) groups excluding carboxylic acids is 1. The van der Waals surface area contributed by atoms with Crippen molar-refractivity contribution in [3.8, 4) is 0 Å². The van der Waals surface area contributed by atoms with Crippen LogP contribution in [0, 0.1) is 6.92 Å². The van der Waals surface area contributed by atoms with E-state index in [1.54, 1.807) is 0 Å². The highest BCUT2D eigenvalue weighted by atomic mass is 16.2. The van der Waals surface area contributed by atoms with E-state index < -0.39 is 0 Å². The average molecular weight is 308 g/mol. The van der Waals surface area contributed by atoms with Crippen molar-refractivity contribution in [2.45, 2.75) is 32.9 Å². The molecule has 2 aromatic carbocycles. The zero-order valence-corrected chi connectivity index (χ0v) is 14.1. The van der Waals surface area contributed by atoms with E-state index in [1.165, 1.54) is 11.3 Å². The topological polar surface area (TPSA) is 23.6 Å². The Morgan fingerprint density at radius 3 is 2.04 bits per heavy atom. The first kappa shape index (κ1) is 15.6. The van der Waals surface area contributed by atoms with E-state index in [9.17, 15) is 4.79 Å². The van der Waals surface area contributed by atoms with E-state index in [0.717, 1.165) is 18.7 Å². The third kappa shape index (κ3) is 3.24. The number of hydrogen-bond donors (Lipinski definition) is 0. The molecule has 2 atom stereocenters. The molecule has 3 heteroatoms. The van der Waals surface area contributed by atoms with Gasteiger partial charge in [-0.25, -0.2) is 0 Å². The van der Waals surface area contributed by atoms with Crippen molar-refractivity contribution in [1.29, 1.82) is 0 Å². The van der Waals surface area contributed by atoms with Crippen molar-refractivity contribution in [3.05, 3.63) is 65.7 Å². The van der Waals surface area contributed by atoms with Crippen molar-refractivity contribution >= 4 is 11.6 Å². The summed E-state index contributed by atoms with van der Waals surface area (Å²) >= 11 is 0. The number of rotatable bonds is 2. The molecule has 120 valence electrons. The van der Waals surface area contributed by atoms with Crippen LogP contribution in [0.1, 0.15) is 29.8 Å². The first-order chi connectivity index (χ1) is 11.1. The highest BCUT2D eigenvalue weighted by molar-refractivity contribution is 5.94. The normalized spacial score (nSPS) is 21.3. The Kier molecular flexibility index (Phi) is 4.37. The molecule has 1 heterocycles. The first-order valence-corrected chi connectivity index (χ1v) is 8.25. The third-order valence-electron chi connectivity index (χ3n) is 4.57. The van der Waals surface area contributed by atoms with Crippen LogP contribution in [0.5, 0.6) is 0 Å². The number of anilines is 1. The zero-order chi connectivity index (χ0) is 16.4. The van der Waals surface area contributed by atoms with Gasteiger partial charge in [0.2, 0.25) is 0 Å². The second kappa shape index (κ2) is 6.45. The molecule has 3 nitrogen and oxygen atoms in total. The number of piperazine rings is 1. The van der Waals surface area contributed by atoms with E-state index in [-0.39, 0.29) is 18.0 Å². The molecule has 1 aliphatic heterocycles. The summed E-state index contributed by atoms with van der Waals surface area (Å²) in [6.45, 7) is 8.11. The number of nitrogens with zero attached hydrogens (tertiary/aromatic N) is 2. The molecule has 1 fully saturated rings. The third-order valence-corrected chi connectivity index (χ3v) is 4.57. The van der Waals surface area contributed by atoms with Gasteiger partial charge in [-0.15, -0.1) is 0 Å². The van der Waals surface area contributed by atoms with Gasteiger partial charge >= 0.3 is 0 Å². The van der Waals surface area contributed by atoms with E-state index in [2.05, 4.69) is 49.9 Å². The molecule has 0 aliphatic carbocycles. The summed E-state index contributed by atoms with van der Waals surface area (Å²) in [7, 11) is 0. The SMILES string of the molecule is Cc1ccc(N2C[C@@H](C)N(C(=O)c3ccccc3)[C@H](C)C2)cc1. The zero-order valence-electron chi connectivity index (χ0n) is 14.1. The van der Waals surface area contributed by atoms with Crippen LogP contribution in [-0.4, -0.2) is 36.0 Å². The molecular weight excluding hydrogens is 284 g/mol. The molecule has 0 radical (unpaired) electrons. The van der Waals surface area contributed by atoms with Crippen molar-refractivity contribution in [3.63, 3.8) is 0 Å². The molecule has 0 unspecified atom stereocenters. The summed E-state index contributed by atoms with van der Waals surface area (Å²) in [6, 6.07) is 18.6. The van der Waals surface area contributed by atoms with Crippen molar-refractivity contribution in [1.82, 2.24) is 4.90 Å². The quantitative estimate of drug-likeness (QED) is 0.844. The van der Waals surface area contributed by atoms with Gasteiger partial charge in [0.1, 0.15) is 0 Å². The lowest BCUT2D eigenvalue weighted by molar-refractivity contribution is 0.0574. The lowest BCUT2D eigenvalue weighted by Gasteiger charge is -2.45. The molecule has 1 aliphatic rings. The molecule has 23 heavy (non-hydrogen) atoms. The van der Waals surface area contributed by atoms with Crippen LogP contribution in [0.15, 0.2) is 54.6 Å². The van der Waals surface area contributed by atoms with Crippen LogP contribution in [-0.2, 0) is 0 Å². The van der Waals surface area contributed by atoms with Gasteiger partial charge < -0.3 is 9.80 Å². The summed E-state index contributed by atoms with van der Waals surface area (Å²) in [4.78, 5) is 17.2. The van der Waals surface area contributed by atoms with Crippen LogP contribution in [0.2, 0.25) is 0 Å². The fraction of sp³-hybridized carbons (Fsp3) is 0.350. The largest absolute Gasteiger partial charge is 0.367 e. The van der Waals surface area contributed by atoms with Crippen LogP contribution >= 0.6 is 0 Å². The lowest BCUT2D eigenvalue weighted by atomic mass is 10.0. The highest BCUT2D eigenvalue weighted by Crippen LogP contribution is 2.24. The van der Waals surface area contributed by atoms with E-state index in [1.807, 2.05) is 35.2 Å². The Morgan fingerprint density at radius 2 is 1.48 bits per heavy atom. The maximum atomic E-state index is 12.8. The second-order valence-corrected chi connectivity index (χ2v) is 6.52. The van der Waals surface area contributed by atoms with Gasteiger partial charge in [0, 0.05) is 36.4 Å². The average Bonchev–Trinajstić information content (AvgIpc) is 2.55. The Hall–Kier alpha value is -2.29. The fourth-order valence-electron chi connectivity index (χ4n) is 3.42. The maximum absolute atomic E-state index is 12.8. The van der Waals surface area contributed by atoms with E-state index >= 15 is 0 Å². The molecule has 2 aromatic rings. The van der Waals surface area contributed by atoms with Crippen LogP contribution in [0.25, 0.3) is 0 Å². The van der Waals surface area contributed by atoms with Gasteiger partial charge in [0.15, 0.2) is 0 Å². The monoisotopic (exact) mass is 308 g/mol. The van der Waals surface area contributed by atoms with E-state index in [0.29, 0.717) is 0 Å². The fourth-order valence-corrected chi connectivity index (χ4v) is 3.42. The summed E-state index contributed by atoms with van der Waals surface area (Å²) in [5.74, 6) is 0.133. The number of amides is 1. The summed E-state index contributed by atoms with van der Waals surface area (Å²) in [6.07, 6.45) is 0. The molecule has 0 aromatic heterocycles. The maximum Gasteiger partial charge on any atom is 0.254 e. The smallest absolute Gasteiger partial charge is 0.254 e. The standard InChI is InChI=1S/C20H24N2O/c1-15-9-11-19(12-10-15)21-13-16(2)22(17(3)14-21)20(23)18-7-5-4-6-8-18/h4-12,16-17H,13-14H2,1-3H3/t16-,17-/m1/s1. The molecule has 3 rings (SSSR count). The molecule has 1 saturated heterocycles. The summed E-state index contributed by atoms with van der Waals surface area (Å²) < 4.78 is 0. The van der Waals surface area contributed by atoms with Crippen LogP contribution in [0.4, 0.5) is 5.69 Å². The summed E-state index contributed by atoms with van der Waals surface area (Å²) in [5, 5.41) is 0. The summed E-state index contributed by atoms with van der Waals surface area (Å²) in [5.41, 5.74) is 3.28. The van der Waals surface area contributed by atoms with Gasteiger partial charge in [0.25, 0.3) is 5.91 Å². The van der Waals surface area contributed by atoms with Crippen molar-refractivity contribution in [2.75, 3.05) is 18.0 Å². The Bertz CT molecular complexity index is 654. The second-order valence-electron chi connectivity index (χ2n) is 6.52. The minimum atomic E-state index is 0.133. The minimum Gasteiger partial charge on any atom is -0.367 e. The van der Waals surface area contributed by atoms with Gasteiger partial charge in [-0.1, -0.05) is 35.9 Å². The Balaban J connectivity index is 1.77. The molecule has 0 saturated carbocycles. The minimum absolute atomic E-state index is 0.133. The molecule has 0 N–H and O–H groups in total. The van der Waals surface area contributed by atoms with Crippen molar-refractivity contribution in [2.24, 2.45) is 0 Å². The van der Waals surface area contributed by atoms with Gasteiger partial charge in [0.05, 0.1) is 0 Å². The number of hydrogen-bond acceptors (Lipinski definition) is 2. The predicted molar refractivity (Wildman–Crippen MR) is 94.9 cm³/mol. The Morgan fingerprint density at radius 1 is 0.913 bits per heavy atom. The highest BCUT2D eigenvalue weighted by Gasteiger charge is 2.33. The molecule has 1 amide bonds. The van der Waals surface area contributed by atoms with Gasteiger partial charge in [-0.3, -0.25) is 4.79 Å². The molecule has 0 bridgehead atoms. The van der Waals surface area contributed by atoms with Gasteiger partial charge in [-0.2, -0.15) is 0 Å². The number of benzene rings is 2. The number of carbonyl (C=O) groups is 1. The van der Waals surface area contributed by atoms with Crippen molar-refractivity contribution < 1.29 is 4.79 Å².